The molecule has 8 nitrogen and oxygen atoms in total. The molecule has 5 rings (SSSR count). The van der Waals surface area contributed by atoms with Gasteiger partial charge in [-0.05, 0) is 78.8 Å². The highest BCUT2D eigenvalue weighted by Gasteiger charge is 2.37. The van der Waals surface area contributed by atoms with E-state index in [-0.39, 0.29) is 29.7 Å². The lowest BCUT2D eigenvalue weighted by Gasteiger charge is -2.20. The van der Waals surface area contributed by atoms with Crippen molar-refractivity contribution in [1.82, 2.24) is 19.4 Å². The minimum atomic E-state index is -5.03. The van der Waals surface area contributed by atoms with Crippen LogP contribution in [0.5, 0.6) is 0 Å². The molecule has 1 aliphatic rings. The number of nitrogens with one attached hydrogen (secondary N) is 1. The van der Waals surface area contributed by atoms with Crippen LogP contribution in [0.4, 0.5) is 26.7 Å². The van der Waals surface area contributed by atoms with Gasteiger partial charge in [-0.1, -0.05) is 6.07 Å². The Morgan fingerprint density at radius 2 is 1.84 bits per heavy atom. The van der Waals surface area contributed by atoms with Crippen molar-refractivity contribution >= 4 is 12.0 Å². The van der Waals surface area contributed by atoms with Gasteiger partial charge in [0.2, 0.25) is 5.62 Å². The number of hydrogen-bond acceptors (Lipinski definition) is 3. The van der Waals surface area contributed by atoms with Crippen LogP contribution in [0.2, 0.25) is 0 Å². The van der Waals surface area contributed by atoms with Gasteiger partial charge in [0.15, 0.2) is 0 Å². The minimum absolute atomic E-state index is 0.0125. The number of carboxylic acid groups (broad SMARTS) is 1. The predicted octanol–water partition coefficient (Wildman–Crippen LogP) is 6.00. The fourth-order valence-electron chi connectivity index (χ4n) is 5.00. The van der Waals surface area contributed by atoms with E-state index in [1.807, 2.05) is 6.92 Å². The van der Waals surface area contributed by atoms with Crippen molar-refractivity contribution in [2.45, 2.75) is 38.5 Å². The third kappa shape index (κ3) is 6.50. The first kappa shape index (κ1) is 29.7. The van der Waals surface area contributed by atoms with Crippen molar-refractivity contribution < 1.29 is 36.6 Å². The number of alkyl halides is 3. The largest absolute Gasteiger partial charge is 0.463 e. The lowest BCUT2D eigenvalue weighted by atomic mass is 9.94. The topological polar surface area (TPSA) is 102 Å². The molecule has 4 aromatic rings. The third-order valence-electron chi connectivity index (χ3n) is 7.18. The van der Waals surface area contributed by atoms with E-state index in [2.05, 4.69) is 15.3 Å². The molecule has 0 radical (unpaired) electrons. The quantitative estimate of drug-likeness (QED) is 0.255. The van der Waals surface area contributed by atoms with E-state index in [0.717, 1.165) is 36.6 Å². The molecule has 224 valence electrons. The highest BCUT2D eigenvalue weighted by Crippen LogP contribution is 2.42. The summed E-state index contributed by atoms with van der Waals surface area (Å²) in [6, 6.07) is 7.21. The number of aromatic nitrogens is 3. The van der Waals surface area contributed by atoms with Crippen LogP contribution in [-0.4, -0.2) is 31.2 Å². The van der Waals surface area contributed by atoms with Gasteiger partial charge in [-0.25, -0.2) is 13.6 Å². The maximum Gasteiger partial charge on any atom is 0.434 e. The van der Waals surface area contributed by atoms with Crippen molar-refractivity contribution in [1.29, 1.82) is 0 Å². The molecule has 13 heteroatoms. The summed E-state index contributed by atoms with van der Waals surface area (Å²) in [6.45, 7) is 1.69. The number of aryl methyl sites for hydroxylation is 2. The molecule has 2 aromatic carbocycles. The van der Waals surface area contributed by atoms with Crippen molar-refractivity contribution in [3.05, 3.63) is 106 Å². The summed E-state index contributed by atoms with van der Waals surface area (Å²) >= 11 is 0. The van der Waals surface area contributed by atoms with Crippen molar-refractivity contribution in [3.8, 4) is 11.1 Å². The Morgan fingerprint density at radius 1 is 1.09 bits per heavy atom. The van der Waals surface area contributed by atoms with Crippen molar-refractivity contribution in [3.63, 3.8) is 0 Å². The van der Waals surface area contributed by atoms with E-state index in [9.17, 15) is 32.3 Å². The highest BCUT2D eigenvalue weighted by molar-refractivity contribution is 5.96. The van der Waals surface area contributed by atoms with Gasteiger partial charge >= 0.3 is 12.3 Å². The second kappa shape index (κ2) is 11.5. The van der Waals surface area contributed by atoms with Crippen LogP contribution in [0, 0.1) is 24.5 Å². The minimum Gasteiger partial charge on any atom is -0.463 e. The van der Waals surface area contributed by atoms with Crippen LogP contribution < -0.4 is 10.9 Å². The van der Waals surface area contributed by atoms with Crippen LogP contribution >= 0.6 is 0 Å². The summed E-state index contributed by atoms with van der Waals surface area (Å²) in [5.41, 5.74) is -1.53. The number of amides is 2. The average Bonchev–Trinajstić information content (AvgIpc) is 3.72. The van der Waals surface area contributed by atoms with Gasteiger partial charge in [-0.2, -0.15) is 13.2 Å². The monoisotopic (exact) mass is 599 g/mol. The lowest BCUT2D eigenvalue weighted by molar-refractivity contribution is -0.137. The van der Waals surface area contributed by atoms with Crippen LogP contribution in [-0.2, 0) is 19.8 Å². The Balaban J connectivity index is 1.65. The zero-order valence-corrected chi connectivity index (χ0v) is 23.0. The van der Waals surface area contributed by atoms with Gasteiger partial charge in [0.1, 0.15) is 11.6 Å². The second-order valence-electron chi connectivity index (χ2n) is 10.5. The SMILES string of the molecule is Cc1ccnc([C@@H](NC(=O)c2cc(Cn3ccn(C)/c3=N/C(=O)O)cc(-c3ccc(F)cc3C(F)(F)F)c2F)C2CC2)c1. The van der Waals surface area contributed by atoms with Crippen LogP contribution in [0.25, 0.3) is 11.1 Å². The van der Waals surface area contributed by atoms with Gasteiger partial charge in [0.25, 0.3) is 5.91 Å². The summed E-state index contributed by atoms with van der Waals surface area (Å²) in [6.07, 6.45) is -0.314. The number of pyridine rings is 1. The Hall–Kier alpha value is -4.81. The second-order valence-corrected chi connectivity index (χ2v) is 10.5. The number of benzene rings is 2. The van der Waals surface area contributed by atoms with Crippen LogP contribution in [0.15, 0.2) is 66.0 Å². The van der Waals surface area contributed by atoms with Gasteiger partial charge in [-0.15, -0.1) is 4.99 Å². The van der Waals surface area contributed by atoms with Crippen molar-refractivity contribution in [2.24, 2.45) is 18.0 Å². The van der Waals surface area contributed by atoms with E-state index in [0.29, 0.717) is 5.69 Å². The molecule has 0 spiro atoms. The number of rotatable bonds is 7. The van der Waals surface area contributed by atoms with Crippen molar-refractivity contribution in [2.75, 3.05) is 0 Å². The molecule has 0 aliphatic heterocycles. The van der Waals surface area contributed by atoms with E-state index < -0.39 is 58.1 Å². The smallest absolute Gasteiger partial charge is 0.434 e. The molecule has 1 atom stereocenters. The maximum absolute atomic E-state index is 16.1. The van der Waals surface area contributed by atoms with Crippen LogP contribution in [0.3, 0.4) is 0 Å². The summed E-state index contributed by atoms with van der Waals surface area (Å²) in [5, 5.41) is 12.0. The number of carbonyl (C=O) groups excluding carboxylic acids is 1. The molecule has 1 fully saturated rings. The fraction of sp³-hybridized carbons (Fsp3) is 0.267. The van der Waals surface area contributed by atoms with E-state index in [4.69, 9.17) is 0 Å². The Labute approximate surface area is 242 Å². The Kier molecular flexibility index (Phi) is 7.91. The fourth-order valence-corrected chi connectivity index (χ4v) is 5.00. The molecule has 2 heterocycles. The molecule has 1 aliphatic carbocycles. The zero-order valence-electron chi connectivity index (χ0n) is 23.0. The van der Waals surface area contributed by atoms with Crippen LogP contribution in [0.1, 0.15) is 51.6 Å². The summed E-state index contributed by atoms with van der Waals surface area (Å²) < 4.78 is 74.7. The standard InChI is InChI=1S/C30H26F5N5O3/c1-16-7-8-36-24(11-16)26(18-3-4-18)37-27(41)22-13-17(15-40-10-9-39(2)28(40)38-29(42)43)12-21(25(22)32)20-6-5-19(31)14-23(20)30(33,34)35/h5-14,18,26H,3-4,15H2,1-2H3,(H,37,41)(H,42,43)/b38-28-/t26-/m0/s1. The number of carbonyl (C=O) groups is 2. The number of nitrogens with zero attached hydrogens (tertiary/aromatic N) is 4. The van der Waals surface area contributed by atoms with Gasteiger partial charge < -0.3 is 19.6 Å². The molecular weight excluding hydrogens is 573 g/mol. The first-order valence-corrected chi connectivity index (χ1v) is 13.2. The highest BCUT2D eigenvalue weighted by atomic mass is 19.4. The molecule has 1 saturated carbocycles. The Bertz CT molecular complexity index is 1790. The molecule has 0 saturated heterocycles. The van der Waals surface area contributed by atoms with Gasteiger partial charge in [-0.3, -0.25) is 9.78 Å². The number of hydrogen-bond donors (Lipinski definition) is 2. The number of imidazole rings is 1. The lowest BCUT2D eigenvalue weighted by Crippen LogP contribution is -2.31. The molecule has 2 amide bonds. The molecule has 43 heavy (non-hydrogen) atoms. The van der Waals surface area contributed by atoms with E-state index in [1.54, 1.807) is 25.4 Å². The molecule has 0 unspecified atom stereocenters. The van der Waals surface area contributed by atoms with E-state index >= 15 is 4.39 Å². The first-order valence-electron chi connectivity index (χ1n) is 13.2. The normalized spacial score (nSPS) is 14.5. The first-order chi connectivity index (χ1) is 20.3. The molecule has 2 aromatic heterocycles. The maximum atomic E-state index is 16.1. The molecular formula is C30H26F5N5O3. The average molecular weight is 600 g/mol. The summed E-state index contributed by atoms with van der Waals surface area (Å²) in [4.78, 5) is 32.8. The predicted molar refractivity (Wildman–Crippen MR) is 145 cm³/mol. The Morgan fingerprint density at radius 3 is 2.49 bits per heavy atom. The molecule has 2 N–H and O–H groups in total. The third-order valence-corrected chi connectivity index (χ3v) is 7.18. The number of halogens is 5. The van der Waals surface area contributed by atoms with E-state index in [1.165, 1.54) is 27.6 Å². The van der Waals surface area contributed by atoms with Gasteiger partial charge in [0, 0.05) is 31.2 Å². The summed E-state index contributed by atoms with van der Waals surface area (Å²) in [5.74, 6) is -3.20. The molecule has 0 bridgehead atoms. The zero-order chi connectivity index (χ0) is 31.1. The van der Waals surface area contributed by atoms with Gasteiger partial charge in [0.05, 0.1) is 29.4 Å². The summed E-state index contributed by atoms with van der Waals surface area (Å²) in [7, 11) is 1.54.